The fourth-order valence-electron chi connectivity index (χ4n) is 5.32. The summed E-state index contributed by atoms with van der Waals surface area (Å²) in [6.07, 6.45) is 1.35. The van der Waals surface area contributed by atoms with Gasteiger partial charge in [-0.2, -0.15) is 0 Å². The third-order valence-electron chi connectivity index (χ3n) is 7.38. The monoisotopic (exact) mass is 517 g/mol. The second kappa shape index (κ2) is 9.55. The number of carbonyl (C=O) groups is 3. The van der Waals surface area contributed by atoms with Crippen LogP contribution in [0.4, 0.5) is 5.69 Å². The third-order valence-corrected chi connectivity index (χ3v) is 8.42. The van der Waals surface area contributed by atoms with Crippen LogP contribution in [0.5, 0.6) is 11.5 Å². The molecular formula is C28H27N3O5S. The van der Waals surface area contributed by atoms with E-state index in [1.807, 2.05) is 54.8 Å². The SMILES string of the molecule is C[C@H](c1cccs1)N1C(=O)c2cccc(N3CCC(C(=O)NCc4ccc5c(c4)OCO5)CC3)c2C1=O. The van der Waals surface area contributed by atoms with Gasteiger partial charge in [-0.1, -0.05) is 18.2 Å². The van der Waals surface area contributed by atoms with E-state index in [0.29, 0.717) is 49.4 Å². The lowest BCUT2D eigenvalue weighted by Gasteiger charge is -2.34. The molecule has 0 bridgehead atoms. The Balaban J connectivity index is 1.10. The number of ether oxygens (including phenoxy) is 2. The molecule has 1 fully saturated rings. The van der Waals surface area contributed by atoms with Crippen molar-refractivity contribution < 1.29 is 23.9 Å². The van der Waals surface area contributed by atoms with Crippen molar-refractivity contribution >= 4 is 34.7 Å². The molecule has 4 heterocycles. The first-order valence-corrected chi connectivity index (χ1v) is 13.3. The molecule has 1 atom stereocenters. The molecule has 9 heteroatoms. The van der Waals surface area contributed by atoms with E-state index >= 15 is 0 Å². The van der Waals surface area contributed by atoms with E-state index < -0.39 is 0 Å². The zero-order valence-electron chi connectivity index (χ0n) is 20.4. The van der Waals surface area contributed by atoms with Crippen LogP contribution >= 0.6 is 11.3 Å². The lowest BCUT2D eigenvalue weighted by molar-refractivity contribution is -0.125. The number of rotatable bonds is 6. The van der Waals surface area contributed by atoms with Gasteiger partial charge >= 0.3 is 0 Å². The first-order chi connectivity index (χ1) is 18.0. The molecule has 2 aromatic carbocycles. The Hall–Kier alpha value is -3.85. The van der Waals surface area contributed by atoms with Crippen molar-refractivity contribution in [1.29, 1.82) is 0 Å². The number of carbonyl (C=O) groups excluding carboxylic acids is 3. The average molecular weight is 518 g/mol. The Morgan fingerprint density at radius 2 is 1.86 bits per heavy atom. The van der Waals surface area contributed by atoms with E-state index in [4.69, 9.17) is 9.47 Å². The highest BCUT2D eigenvalue weighted by molar-refractivity contribution is 7.10. The smallest absolute Gasteiger partial charge is 0.264 e. The van der Waals surface area contributed by atoms with Crippen molar-refractivity contribution in [2.24, 2.45) is 5.92 Å². The standard InChI is InChI=1S/C28H27N3O5S/c1-17(24-6-3-13-37-24)31-27(33)20-4-2-5-21(25(20)28(31)34)30-11-9-19(10-12-30)26(32)29-15-18-7-8-22-23(14-18)36-16-35-22/h2-8,13-14,17,19H,9-12,15-16H2,1H3,(H,29,32)/t17-/m1/s1. The summed E-state index contributed by atoms with van der Waals surface area (Å²) in [6, 6.07) is 14.7. The number of thiophene rings is 1. The molecule has 1 N–H and O–H groups in total. The van der Waals surface area contributed by atoms with Gasteiger partial charge in [0.2, 0.25) is 12.7 Å². The van der Waals surface area contributed by atoms with Crippen LogP contribution in [-0.4, -0.2) is 42.5 Å². The van der Waals surface area contributed by atoms with Gasteiger partial charge in [-0.15, -0.1) is 11.3 Å². The van der Waals surface area contributed by atoms with Crippen LogP contribution < -0.4 is 19.7 Å². The third kappa shape index (κ3) is 4.23. The summed E-state index contributed by atoms with van der Waals surface area (Å²) in [4.78, 5) is 44.0. The highest BCUT2D eigenvalue weighted by atomic mass is 32.1. The second-order valence-corrected chi connectivity index (χ2v) is 10.5. The number of hydrogen-bond acceptors (Lipinski definition) is 7. The molecule has 1 aromatic heterocycles. The zero-order valence-corrected chi connectivity index (χ0v) is 21.3. The summed E-state index contributed by atoms with van der Waals surface area (Å²) in [7, 11) is 0. The molecule has 8 nitrogen and oxygen atoms in total. The Labute approximate surface area is 218 Å². The molecule has 3 aliphatic heterocycles. The van der Waals surface area contributed by atoms with E-state index in [2.05, 4.69) is 10.2 Å². The summed E-state index contributed by atoms with van der Waals surface area (Å²) < 4.78 is 10.8. The average Bonchev–Trinajstić information content (AvgIpc) is 3.67. The molecule has 190 valence electrons. The number of piperidine rings is 1. The van der Waals surface area contributed by atoms with Crippen LogP contribution in [0, 0.1) is 5.92 Å². The lowest BCUT2D eigenvalue weighted by atomic mass is 9.94. The van der Waals surface area contributed by atoms with Gasteiger partial charge in [0.1, 0.15) is 0 Å². The number of nitrogens with one attached hydrogen (secondary N) is 1. The molecule has 3 aliphatic rings. The van der Waals surface area contributed by atoms with E-state index in [9.17, 15) is 14.4 Å². The fourth-order valence-corrected chi connectivity index (χ4v) is 6.10. The summed E-state index contributed by atoms with van der Waals surface area (Å²) in [5, 5.41) is 4.99. The van der Waals surface area contributed by atoms with Crippen LogP contribution in [-0.2, 0) is 11.3 Å². The summed E-state index contributed by atoms with van der Waals surface area (Å²) >= 11 is 1.54. The van der Waals surface area contributed by atoms with Crippen LogP contribution in [0.1, 0.15) is 57.0 Å². The minimum absolute atomic E-state index is 0.0257. The summed E-state index contributed by atoms with van der Waals surface area (Å²) in [6.45, 7) is 3.82. The highest BCUT2D eigenvalue weighted by Gasteiger charge is 2.42. The van der Waals surface area contributed by atoms with Gasteiger partial charge in [0.05, 0.1) is 22.9 Å². The van der Waals surface area contributed by atoms with Gasteiger partial charge in [-0.25, -0.2) is 0 Å². The molecule has 0 aliphatic carbocycles. The van der Waals surface area contributed by atoms with Crippen molar-refractivity contribution in [3.8, 4) is 11.5 Å². The largest absolute Gasteiger partial charge is 0.454 e. The summed E-state index contributed by atoms with van der Waals surface area (Å²) in [5.74, 6) is 0.846. The van der Waals surface area contributed by atoms with E-state index in [-0.39, 0.29) is 36.5 Å². The van der Waals surface area contributed by atoms with Crippen molar-refractivity contribution in [3.05, 3.63) is 75.5 Å². The van der Waals surface area contributed by atoms with Gasteiger partial charge in [0.15, 0.2) is 11.5 Å². The van der Waals surface area contributed by atoms with Crippen LogP contribution in [0.25, 0.3) is 0 Å². The number of imide groups is 1. The minimum atomic E-state index is -0.320. The number of benzene rings is 2. The maximum atomic E-state index is 13.5. The Morgan fingerprint density at radius 1 is 1.05 bits per heavy atom. The van der Waals surface area contributed by atoms with Gasteiger partial charge < -0.3 is 19.7 Å². The van der Waals surface area contributed by atoms with Crippen LogP contribution in [0.15, 0.2) is 53.9 Å². The lowest BCUT2D eigenvalue weighted by Crippen LogP contribution is -2.41. The van der Waals surface area contributed by atoms with Crippen molar-refractivity contribution in [3.63, 3.8) is 0 Å². The van der Waals surface area contributed by atoms with Gasteiger partial charge in [-0.3, -0.25) is 19.3 Å². The molecule has 3 aromatic rings. The van der Waals surface area contributed by atoms with Crippen molar-refractivity contribution in [2.45, 2.75) is 32.4 Å². The molecule has 3 amide bonds. The molecule has 0 unspecified atom stereocenters. The minimum Gasteiger partial charge on any atom is -0.454 e. The zero-order chi connectivity index (χ0) is 25.5. The van der Waals surface area contributed by atoms with Crippen LogP contribution in [0.2, 0.25) is 0 Å². The van der Waals surface area contributed by atoms with Crippen LogP contribution in [0.3, 0.4) is 0 Å². The molecule has 0 radical (unpaired) electrons. The number of hydrogen-bond donors (Lipinski definition) is 1. The maximum Gasteiger partial charge on any atom is 0.264 e. The first kappa shape index (κ1) is 23.5. The van der Waals surface area contributed by atoms with E-state index in [0.717, 1.165) is 21.9 Å². The molecule has 1 saturated heterocycles. The Bertz CT molecular complexity index is 1360. The predicted molar refractivity (Wildman–Crippen MR) is 139 cm³/mol. The van der Waals surface area contributed by atoms with Gasteiger partial charge in [0.25, 0.3) is 11.8 Å². The number of nitrogens with zero attached hydrogens (tertiary/aromatic N) is 2. The summed E-state index contributed by atoms with van der Waals surface area (Å²) in [5.41, 5.74) is 2.66. The second-order valence-electron chi connectivity index (χ2n) is 9.54. The highest BCUT2D eigenvalue weighted by Crippen LogP contribution is 2.38. The molecule has 6 rings (SSSR count). The molecule has 0 saturated carbocycles. The maximum absolute atomic E-state index is 13.5. The van der Waals surface area contributed by atoms with Crippen molar-refractivity contribution in [2.75, 3.05) is 24.8 Å². The normalized spacial score (nSPS) is 17.8. The molecular weight excluding hydrogens is 490 g/mol. The fraction of sp³-hybridized carbons (Fsp3) is 0.321. The van der Waals surface area contributed by atoms with Gasteiger partial charge in [0, 0.05) is 30.4 Å². The number of amides is 3. The van der Waals surface area contributed by atoms with Gasteiger partial charge in [-0.05, 0) is 61.0 Å². The Morgan fingerprint density at radius 3 is 2.65 bits per heavy atom. The van der Waals surface area contributed by atoms with E-state index in [1.165, 1.54) is 16.2 Å². The first-order valence-electron chi connectivity index (χ1n) is 12.5. The molecule has 0 spiro atoms. The predicted octanol–water partition coefficient (Wildman–Crippen LogP) is 4.37. The molecule has 37 heavy (non-hydrogen) atoms. The quantitative estimate of drug-likeness (QED) is 0.489. The number of fused-ring (bicyclic) bond motifs is 2. The Kier molecular flexibility index (Phi) is 6.08. The van der Waals surface area contributed by atoms with E-state index in [1.54, 1.807) is 6.07 Å². The topological polar surface area (TPSA) is 88.2 Å². The van der Waals surface area contributed by atoms with Crippen molar-refractivity contribution in [1.82, 2.24) is 10.2 Å². The number of anilines is 1.